The van der Waals surface area contributed by atoms with Crippen molar-refractivity contribution in [2.75, 3.05) is 6.54 Å². The monoisotopic (exact) mass is 237 g/mol. The molecule has 0 fully saturated rings. The number of hydrogen-bond acceptors (Lipinski definition) is 3. The molecule has 0 saturated heterocycles. The van der Waals surface area contributed by atoms with Crippen LogP contribution in [-0.2, 0) is 0 Å². The quantitative estimate of drug-likeness (QED) is 0.737. The first-order valence-electron chi connectivity index (χ1n) is 6.17. The first-order valence-corrected chi connectivity index (χ1v) is 6.17. The van der Waals surface area contributed by atoms with Gasteiger partial charge in [0.15, 0.2) is 0 Å². The molecule has 0 aliphatic carbocycles. The van der Waals surface area contributed by atoms with Gasteiger partial charge in [-0.25, -0.2) is 0 Å². The average molecular weight is 237 g/mol. The number of phenolic OH excluding ortho intramolecular Hbond substituents is 2. The summed E-state index contributed by atoms with van der Waals surface area (Å²) in [5.74, 6) is 1.46. The minimum atomic E-state index is -0.0580. The minimum Gasteiger partial charge on any atom is -0.507 e. The molecule has 3 N–H and O–H groups in total. The highest BCUT2D eigenvalue weighted by Crippen LogP contribution is 2.32. The molecule has 0 aliphatic rings. The summed E-state index contributed by atoms with van der Waals surface area (Å²) >= 11 is 0. The van der Waals surface area contributed by atoms with E-state index in [-0.39, 0.29) is 17.5 Å². The van der Waals surface area contributed by atoms with Gasteiger partial charge in [-0.15, -0.1) is 0 Å². The van der Waals surface area contributed by atoms with Gasteiger partial charge in [-0.2, -0.15) is 0 Å². The molecular formula is C14H23NO2. The van der Waals surface area contributed by atoms with E-state index in [9.17, 15) is 10.2 Å². The van der Waals surface area contributed by atoms with Crippen molar-refractivity contribution >= 4 is 0 Å². The van der Waals surface area contributed by atoms with Crippen molar-refractivity contribution in [1.82, 2.24) is 5.32 Å². The van der Waals surface area contributed by atoms with Crippen molar-refractivity contribution in [3.63, 3.8) is 0 Å². The summed E-state index contributed by atoms with van der Waals surface area (Å²) in [7, 11) is 0. The van der Waals surface area contributed by atoms with Gasteiger partial charge in [-0.05, 0) is 37.4 Å². The second-order valence-corrected chi connectivity index (χ2v) is 5.06. The Bertz CT molecular complexity index is 343. The van der Waals surface area contributed by atoms with Crippen LogP contribution < -0.4 is 5.32 Å². The van der Waals surface area contributed by atoms with Gasteiger partial charge >= 0.3 is 0 Å². The number of phenols is 2. The van der Waals surface area contributed by atoms with Crippen molar-refractivity contribution in [3.8, 4) is 11.5 Å². The number of rotatable bonds is 5. The van der Waals surface area contributed by atoms with Crippen LogP contribution in [0, 0.1) is 11.8 Å². The Morgan fingerprint density at radius 1 is 1.06 bits per heavy atom. The van der Waals surface area contributed by atoms with Crippen molar-refractivity contribution in [2.45, 2.75) is 33.7 Å². The zero-order chi connectivity index (χ0) is 13.0. The van der Waals surface area contributed by atoms with Crippen LogP contribution in [0.3, 0.4) is 0 Å². The Kier molecular flexibility index (Phi) is 4.82. The minimum absolute atomic E-state index is 0.0580. The third-order valence-electron chi connectivity index (χ3n) is 3.38. The van der Waals surface area contributed by atoms with E-state index in [0.717, 1.165) is 6.54 Å². The number of benzene rings is 1. The van der Waals surface area contributed by atoms with Crippen molar-refractivity contribution in [2.24, 2.45) is 11.8 Å². The van der Waals surface area contributed by atoms with Gasteiger partial charge in [0.05, 0.1) is 5.56 Å². The summed E-state index contributed by atoms with van der Waals surface area (Å²) in [5.41, 5.74) is 0.573. The molecule has 0 aliphatic heterocycles. The average Bonchev–Trinajstić information content (AvgIpc) is 2.25. The first kappa shape index (κ1) is 13.8. The summed E-state index contributed by atoms with van der Waals surface area (Å²) < 4.78 is 0. The summed E-state index contributed by atoms with van der Waals surface area (Å²) in [5, 5.41) is 22.8. The normalized spacial score (nSPS) is 14.9. The topological polar surface area (TPSA) is 52.5 Å². The largest absolute Gasteiger partial charge is 0.507 e. The molecule has 2 unspecified atom stereocenters. The summed E-state index contributed by atoms with van der Waals surface area (Å²) in [6.07, 6.45) is 0. The predicted octanol–water partition coefficient (Wildman–Crippen LogP) is 3.04. The van der Waals surface area contributed by atoms with Gasteiger partial charge in [0.2, 0.25) is 0 Å². The third kappa shape index (κ3) is 3.63. The fourth-order valence-corrected chi connectivity index (χ4v) is 1.69. The molecule has 0 aromatic heterocycles. The molecule has 0 spiro atoms. The van der Waals surface area contributed by atoms with E-state index in [1.165, 1.54) is 0 Å². The number of hydrogen-bond donors (Lipinski definition) is 3. The lowest BCUT2D eigenvalue weighted by atomic mass is 9.97. The molecule has 0 heterocycles. The Morgan fingerprint density at radius 3 is 2.06 bits per heavy atom. The molecule has 0 saturated carbocycles. The van der Waals surface area contributed by atoms with E-state index < -0.39 is 0 Å². The van der Waals surface area contributed by atoms with Crippen molar-refractivity contribution < 1.29 is 10.2 Å². The predicted molar refractivity (Wildman–Crippen MR) is 70.2 cm³/mol. The summed E-state index contributed by atoms with van der Waals surface area (Å²) in [6.45, 7) is 9.38. The maximum absolute atomic E-state index is 9.74. The molecular weight excluding hydrogens is 214 g/mol. The SMILES string of the molecule is CC(NCC(C)C(C)C)c1c(O)cccc1O. The number of aromatic hydroxyl groups is 2. The van der Waals surface area contributed by atoms with E-state index in [1.54, 1.807) is 18.2 Å². The standard InChI is InChI=1S/C14H23NO2/c1-9(2)10(3)8-15-11(4)14-12(16)6-5-7-13(14)17/h5-7,9-11,15-17H,8H2,1-4H3. The van der Waals surface area contributed by atoms with Crippen LogP contribution in [0.25, 0.3) is 0 Å². The van der Waals surface area contributed by atoms with E-state index in [2.05, 4.69) is 26.1 Å². The molecule has 96 valence electrons. The summed E-state index contributed by atoms with van der Waals surface area (Å²) in [4.78, 5) is 0. The zero-order valence-electron chi connectivity index (χ0n) is 11.1. The molecule has 0 amide bonds. The molecule has 1 rings (SSSR count). The second kappa shape index (κ2) is 5.92. The molecule has 3 heteroatoms. The van der Waals surface area contributed by atoms with Gasteiger partial charge in [0.25, 0.3) is 0 Å². The maximum Gasteiger partial charge on any atom is 0.124 e. The molecule has 0 radical (unpaired) electrons. The Hall–Kier alpha value is -1.22. The maximum atomic E-state index is 9.74. The van der Waals surface area contributed by atoms with Gasteiger partial charge in [-0.1, -0.05) is 26.8 Å². The highest BCUT2D eigenvalue weighted by Gasteiger charge is 2.16. The lowest BCUT2D eigenvalue weighted by molar-refractivity contribution is 0.364. The fourth-order valence-electron chi connectivity index (χ4n) is 1.69. The lowest BCUT2D eigenvalue weighted by Crippen LogP contribution is -2.26. The van der Waals surface area contributed by atoms with Gasteiger partial charge < -0.3 is 15.5 Å². The fraction of sp³-hybridized carbons (Fsp3) is 0.571. The van der Waals surface area contributed by atoms with Gasteiger partial charge in [-0.3, -0.25) is 0 Å². The van der Waals surface area contributed by atoms with Crippen molar-refractivity contribution in [3.05, 3.63) is 23.8 Å². The Balaban J connectivity index is 2.67. The van der Waals surface area contributed by atoms with Crippen LogP contribution in [0.5, 0.6) is 11.5 Å². The van der Waals surface area contributed by atoms with E-state index in [0.29, 0.717) is 17.4 Å². The zero-order valence-corrected chi connectivity index (χ0v) is 11.1. The van der Waals surface area contributed by atoms with E-state index >= 15 is 0 Å². The lowest BCUT2D eigenvalue weighted by Gasteiger charge is -2.21. The van der Waals surface area contributed by atoms with E-state index in [4.69, 9.17) is 0 Å². The smallest absolute Gasteiger partial charge is 0.124 e. The van der Waals surface area contributed by atoms with Gasteiger partial charge in [0, 0.05) is 6.04 Å². The second-order valence-electron chi connectivity index (χ2n) is 5.06. The highest BCUT2D eigenvalue weighted by atomic mass is 16.3. The molecule has 3 nitrogen and oxygen atoms in total. The van der Waals surface area contributed by atoms with E-state index in [1.807, 2.05) is 6.92 Å². The highest BCUT2D eigenvalue weighted by molar-refractivity contribution is 5.44. The van der Waals surface area contributed by atoms with Crippen LogP contribution in [0.4, 0.5) is 0 Å². The van der Waals surface area contributed by atoms with Crippen LogP contribution in [0.2, 0.25) is 0 Å². The molecule has 2 atom stereocenters. The number of nitrogens with one attached hydrogen (secondary N) is 1. The van der Waals surface area contributed by atoms with Crippen molar-refractivity contribution in [1.29, 1.82) is 0 Å². The third-order valence-corrected chi connectivity index (χ3v) is 3.38. The first-order chi connectivity index (χ1) is 7.93. The molecule has 1 aromatic carbocycles. The van der Waals surface area contributed by atoms with Crippen LogP contribution >= 0.6 is 0 Å². The van der Waals surface area contributed by atoms with Gasteiger partial charge in [0.1, 0.15) is 11.5 Å². The van der Waals surface area contributed by atoms with Crippen LogP contribution in [0.15, 0.2) is 18.2 Å². The molecule has 1 aromatic rings. The Labute approximate surface area is 103 Å². The Morgan fingerprint density at radius 2 is 1.59 bits per heavy atom. The molecule has 0 bridgehead atoms. The summed E-state index contributed by atoms with van der Waals surface area (Å²) in [6, 6.07) is 4.77. The van der Waals surface area contributed by atoms with Crippen LogP contribution in [-0.4, -0.2) is 16.8 Å². The molecule has 17 heavy (non-hydrogen) atoms. The van der Waals surface area contributed by atoms with Crippen LogP contribution in [0.1, 0.15) is 39.3 Å².